The lowest BCUT2D eigenvalue weighted by molar-refractivity contribution is -0.126. The minimum Gasteiger partial charge on any atom is -0.355 e. The molecule has 1 amide bonds. The molecule has 1 aromatic rings. The van der Waals surface area contributed by atoms with Gasteiger partial charge >= 0.3 is 6.18 Å². The molecule has 1 atom stereocenters. The summed E-state index contributed by atoms with van der Waals surface area (Å²) >= 11 is 5.86. The maximum absolute atomic E-state index is 12.8. The molecular weight excluding hydrogens is 319 g/mol. The Morgan fingerprint density at radius 1 is 1.50 bits per heavy atom. The summed E-state index contributed by atoms with van der Waals surface area (Å²) < 4.78 is 38.4. The molecule has 0 aliphatic rings. The van der Waals surface area contributed by atoms with E-state index < -0.39 is 24.7 Å². The predicted octanol–water partition coefficient (Wildman–Crippen LogP) is 3.10. The van der Waals surface area contributed by atoms with E-state index in [1.807, 2.05) is 6.07 Å². The predicted molar refractivity (Wildman–Crippen MR) is 77.7 cm³/mol. The maximum Gasteiger partial charge on any atom is 0.405 e. The smallest absolute Gasteiger partial charge is 0.355 e. The van der Waals surface area contributed by atoms with Crippen LogP contribution in [0.15, 0.2) is 18.2 Å². The minimum atomic E-state index is -4.48. The molecule has 0 heterocycles. The van der Waals surface area contributed by atoms with E-state index in [1.54, 1.807) is 6.92 Å². The van der Waals surface area contributed by atoms with Crippen molar-refractivity contribution < 1.29 is 18.0 Å². The third-order valence-electron chi connectivity index (χ3n) is 2.95. The van der Waals surface area contributed by atoms with Gasteiger partial charge in [0.25, 0.3) is 0 Å². The molecule has 0 aromatic heterocycles. The summed E-state index contributed by atoms with van der Waals surface area (Å²) in [4.78, 5) is 12.7. The molecule has 120 valence electrons. The van der Waals surface area contributed by atoms with Crippen LogP contribution in [0.1, 0.15) is 19.4 Å². The molecule has 0 aliphatic carbocycles. The number of carbonyl (C=O) groups excluding carboxylic acids is 1. The Hall–Kier alpha value is -1.94. The van der Waals surface area contributed by atoms with Crippen molar-refractivity contribution in [1.82, 2.24) is 5.32 Å². The van der Waals surface area contributed by atoms with Crippen molar-refractivity contribution in [2.45, 2.75) is 26.1 Å². The Bertz CT molecular complexity index is 584. The zero-order valence-electron chi connectivity index (χ0n) is 12.0. The Kier molecular flexibility index (Phi) is 6.06. The second kappa shape index (κ2) is 7.36. The lowest BCUT2D eigenvalue weighted by Gasteiger charge is -2.31. The van der Waals surface area contributed by atoms with Gasteiger partial charge in [0.1, 0.15) is 18.7 Å². The van der Waals surface area contributed by atoms with Crippen LogP contribution in [0.4, 0.5) is 18.9 Å². The molecule has 8 heteroatoms. The van der Waals surface area contributed by atoms with Gasteiger partial charge in [0, 0.05) is 12.2 Å². The van der Waals surface area contributed by atoms with E-state index in [-0.39, 0.29) is 16.3 Å². The third kappa shape index (κ3) is 4.81. The van der Waals surface area contributed by atoms with Crippen LogP contribution in [-0.2, 0) is 4.79 Å². The highest BCUT2D eigenvalue weighted by Crippen LogP contribution is 2.28. The summed E-state index contributed by atoms with van der Waals surface area (Å²) in [5.41, 5.74) is 0.281. The SMILES string of the molecule is CCNC(=O)[C@H](C)N(CC(F)(F)F)c1ccc(C#N)c(Cl)c1. The number of halogens is 4. The summed E-state index contributed by atoms with van der Waals surface area (Å²) in [5, 5.41) is 11.3. The number of nitrogens with zero attached hydrogens (tertiary/aromatic N) is 2. The lowest BCUT2D eigenvalue weighted by atomic mass is 10.1. The number of hydrogen-bond donors (Lipinski definition) is 1. The quantitative estimate of drug-likeness (QED) is 0.900. The summed E-state index contributed by atoms with van der Waals surface area (Å²) in [6.07, 6.45) is -4.48. The van der Waals surface area contributed by atoms with Crippen LogP contribution < -0.4 is 10.2 Å². The summed E-state index contributed by atoms with van der Waals surface area (Å²) in [6.45, 7) is 2.07. The zero-order chi connectivity index (χ0) is 16.9. The molecule has 0 saturated heterocycles. The Morgan fingerprint density at radius 2 is 2.14 bits per heavy atom. The molecule has 0 spiro atoms. The van der Waals surface area contributed by atoms with E-state index in [0.717, 1.165) is 4.90 Å². The normalized spacial score (nSPS) is 12.4. The fourth-order valence-electron chi connectivity index (χ4n) is 1.88. The van der Waals surface area contributed by atoms with Crippen LogP contribution in [-0.4, -0.2) is 31.2 Å². The van der Waals surface area contributed by atoms with Crippen LogP contribution in [0.25, 0.3) is 0 Å². The molecule has 1 rings (SSSR count). The van der Waals surface area contributed by atoms with Crippen molar-refractivity contribution in [3.63, 3.8) is 0 Å². The van der Waals surface area contributed by atoms with Gasteiger partial charge in [-0.3, -0.25) is 4.79 Å². The van der Waals surface area contributed by atoms with Gasteiger partial charge in [-0.25, -0.2) is 0 Å². The monoisotopic (exact) mass is 333 g/mol. The molecule has 1 N–H and O–H groups in total. The first-order valence-electron chi connectivity index (χ1n) is 6.50. The summed E-state index contributed by atoms with van der Waals surface area (Å²) in [6, 6.07) is 4.71. The Labute approximate surface area is 131 Å². The fourth-order valence-corrected chi connectivity index (χ4v) is 2.10. The van der Waals surface area contributed by atoms with E-state index in [1.165, 1.54) is 25.1 Å². The standard InChI is InChI=1S/C14H15ClF3N3O/c1-3-20-13(22)9(2)21(8-14(16,17)18)11-5-4-10(7-19)12(15)6-11/h4-6,9H,3,8H2,1-2H3,(H,20,22)/t9-/m0/s1. The summed E-state index contributed by atoms with van der Waals surface area (Å²) in [5.74, 6) is -0.521. The summed E-state index contributed by atoms with van der Waals surface area (Å²) in [7, 11) is 0. The molecule has 1 aromatic carbocycles. The maximum atomic E-state index is 12.8. The molecule has 22 heavy (non-hydrogen) atoms. The number of carbonyl (C=O) groups is 1. The molecule has 4 nitrogen and oxygen atoms in total. The van der Waals surface area contributed by atoms with Gasteiger partial charge in [0.2, 0.25) is 5.91 Å². The first-order valence-corrected chi connectivity index (χ1v) is 6.88. The molecule has 0 fully saturated rings. The molecule has 0 radical (unpaired) electrons. The van der Waals surface area contributed by atoms with Gasteiger partial charge in [-0.2, -0.15) is 18.4 Å². The zero-order valence-corrected chi connectivity index (χ0v) is 12.8. The minimum absolute atomic E-state index is 0.0373. The Morgan fingerprint density at radius 3 is 2.59 bits per heavy atom. The largest absolute Gasteiger partial charge is 0.405 e. The molecular formula is C14H15ClF3N3O. The van der Waals surface area contributed by atoms with E-state index in [4.69, 9.17) is 16.9 Å². The fraction of sp³-hybridized carbons (Fsp3) is 0.429. The van der Waals surface area contributed by atoms with Gasteiger partial charge in [0.05, 0.1) is 10.6 Å². The van der Waals surface area contributed by atoms with Gasteiger partial charge < -0.3 is 10.2 Å². The van der Waals surface area contributed by atoms with Gasteiger partial charge in [-0.1, -0.05) is 11.6 Å². The highest BCUT2D eigenvalue weighted by atomic mass is 35.5. The van der Waals surface area contributed by atoms with Crippen LogP contribution >= 0.6 is 11.6 Å². The molecule has 0 aliphatic heterocycles. The van der Waals surface area contributed by atoms with Crippen molar-refractivity contribution in [2.24, 2.45) is 0 Å². The molecule has 0 bridgehead atoms. The van der Waals surface area contributed by atoms with Gasteiger partial charge in [-0.05, 0) is 32.0 Å². The van der Waals surface area contributed by atoms with Crippen LogP contribution in [0.3, 0.4) is 0 Å². The third-order valence-corrected chi connectivity index (χ3v) is 3.27. The van der Waals surface area contributed by atoms with Crippen molar-refractivity contribution in [3.05, 3.63) is 28.8 Å². The average Bonchev–Trinajstić information content (AvgIpc) is 2.43. The van der Waals surface area contributed by atoms with Crippen molar-refractivity contribution in [1.29, 1.82) is 5.26 Å². The number of likely N-dealkylation sites (N-methyl/N-ethyl adjacent to an activating group) is 1. The van der Waals surface area contributed by atoms with Crippen molar-refractivity contribution >= 4 is 23.2 Å². The number of benzene rings is 1. The number of amides is 1. The number of nitrogens with one attached hydrogen (secondary N) is 1. The van der Waals surface area contributed by atoms with E-state index >= 15 is 0 Å². The second-order valence-electron chi connectivity index (χ2n) is 4.59. The number of hydrogen-bond acceptors (Lipinski definition) is 3. The molecule has 0 saturated carbocycles. The van der Waals surface area contributed by atoms with Crippen molar-refractivity contribution in [3.8, 4) is 6.07 Å². The number of alkyl halides is 3. The topological polar surface area (TPSA) is 56.1 Å². The van der Waals surface area contributed by atoms with Crippen LogP contribution in [0.5, 0.6) is 0 Å². The van der Waals surface area contributed by atoms with E-state index in [0.29, 0.717) is 6.54 Å². The average molecular weight is 334 g/mol. The Balaban J connectivity index is 3.18. The van der Waals surface area contributed by atoms with E-state index in [2.05, 4.69) is 5.32 Å². The number of anilines is 1. The second-order valence-corrected chi connectivity index (χ2v) is 5.00. The number of rotatable bonds is 5. The van der Waals surface area contributed by atoms with Crippen LogP contribution in [0, 0.1) is 11.3 Å². The van der Waals surface area contributed by atoms with Gasteiger partial charge in [-0.15, -0.1) is 0 Å². The van der Waals surface area contributed by atoms with Crippen LogP contribution in [0.2, 0.25) is 5.02 Å². The first-order chi connectivity index (χ1) is 10.2. The lowest BCUT2D eigenvalue weighted by Crippen LogP contribution is -2.48. The number of nitriles is 1. The van der Waals surface area contributed by atoms with Crippen molar-refractivity contribution in [2.75, 3.05) is 18.0 Å². The highest BCUT2D eigenvalue weighted by molar-refractivity contribution is 6.32. The highest BCUT2D eigenvalue weighted by Gasteiger charge is 2.35. The van der Waals surface area contributed by atoms with E-state index in [9.17, 15) is 18.0 Å². The van der Waals surface area contributed by atoms with Gasteiger partial charge in [0.15, 0.2) is 0 Å². The first kappa shape index (κ1) is 18.1. The molecule has 0 unspecified atom stereocenters.